The Kier molecular flexibility index (Phi) is 6.81. The maximum absolute atomic E-state index is 14.6. The SMILES string of the molecule is CC1CNC(C2CC(F)C(C(F)(F)OC3CC(F)C(F)C(F)C3)C(F)C2)NC1. The smallest absolute Gasteiger partial charge is 0.317 e. The maximum Gasteiger partial charge on any atom is 0.364 e. The second-order valence-electron chi connectivity index (χ2n) is 8.44. The lowest BCUT2D eigenvalue weighted by atomic mass is 9.76. The van der Waals surface area contributed by atoms with E-state index in [1.54, 1.807) is 0 Å². The Balaban J connectivity index is 1.61. The topological polar surface area (TPSA) is 33.3 Å². The van der Waals surface area contributed by atoms with Gasteiger partial charge in [-0.25, -0.2) is 22.0 Å². The summed E-state index contributed by atoms with van der Waals surface area (Å²) < 4.78 is 103. The summed E-state index contributed by atoms with van der Waals surface area (Å²) in [5, 5.41) is 6.26. The molecule has 3 nitrogen and oxygen atoms in total. The minimum Gasteiger partial charge on any atom is -0.317 e. The molecule has 0 spiro atoms. The number of alkyl halides is 7. The van der Waals surface area contributed by atoms with Gasteiger partial charge in [-0.05, 0) is 24.7 Å². The largest absolute Gasteiger partial charge is 0.364 e. The molecule has 1 heterocycles. The second-order valence-corrected chi connectivity index (χ2v) is 8.44. The molecule has 28 heavy (non-hydrogen) atoms. The highest BCUT2D eigenvalue weighted by molar-refractivity contribution is 4.96. The van der Waals surface area contributed by atoms with E-state index in [2.05, 4.69) is 15.4 Å². The normalized spacial score (nSPS) is 48.4. The molecule has 0 bridgehead atoms. The third kappa shape index (κ3) is 4.75. The quantitative estimate of drug-likeness (QED) is 0.682. The van der Waals surface area contributed by atoms with Crippen LogP contribution in [0, 0.1) is 17.8 Å². The van der Waals surface area contributed by atoms with Gasteiger partial charge in [0.05, 0.1) is 12.3 Å². The molecule has 0 radical (unpaired) electrons. The summed E-state index contributed by atoms with van der Waals surface area (Å²) in [4.78, 5) is 0. The minimum absolute atomic E-state index is 0.280. The van der Waals surface area contributed by atoms with Gasteiger partial charge in [-0.2, -0.15) is 8.78 Å². The van der Waals surface area contributed by atoms with Gasteiger partial charge < -0.3 is 15.4 Å². The predicted molar refractivity (Wildman–Crippen MR) is 88.7 cm³/mol. The number of nitrogens with one attached hydrogen (secondary N) is 2. The first-order valence-corrected chi connectivity index (χ1v) is 9.81. The Morgan fingerprint density at radius 1 is 0.786 bits per heavy atom. The van der Waals surface area contributed by atoms with E-state index in [0.29, 0.717) is 19.0 Å². The van der Waals surface area contributed by atoms with Crippen LogP contribution in [0.3, 0.4) is 0 Å². The van der Waals surface area contributed by atoms with Crippen molar-refractivity contribution in [1.29, 1.82) is 0 Å². The first-order valence-electron chi connectivity index (χ1n) is 9.81. The molecule has 4 unspecified atom stereocenters. The maximum atomic E-state index is 14.6. The molecular formula is C18H27F7N2O. The van der Waals surface area contributed by atoms with Gasteiger partial charge in [-0.3, -0.25) is 0 Å². The van der Waals surface area contributed by atoms with Crippen LogP contribution in [0.25, 0.3) is 0 Å². The van der Waals surface area contributed by atoms with E-state index in [1.165, 1.54) is 0 Å². The zero-order valence-electron chi connectivity index (χ0n) is 15.6. The molecule has 4 atom stereocenters. The molecule has 10 heteroatoms. The summed E-state index contributed by atoms with van der Waals surface area (Å²) >= 11 is 0. The number of hydrogen-bond acceptors (Lipinski definition) is 3. The standard InChI is InChI=1S/C18H27F7N2O/c1-8-6-26-17(27-7-8)9-2-11(19)15(12(20)3-9)18(24,25)28-10-4-13(21)16(23)14(22)5-10/h8-17,26-27H,2-7H2,1H3. The van der Waals surface area contributed by atoms with Crippen molar-refractivity contribution < 1.29 is 35.5 Å². The summed E-state index contributed by atoms with van der Waals surface area (Å²) in [7, 11) is 0. The van der Waals surface area contributed by atoms with Crippen LogP contribution in [-0.4, -0.2) is 62.3 Å². The number of ether oxygens (including phenoxy) is 1. The van der Waals surface area contributed by atoms with E-state index in [1.807, 2.05) is 6.92 Å². The third-order valence-electron chi connectivity index (χ3n) is 6.06. The van der Waals surface area contributed by atoms with Gasteiger partial charge in [0.15, 0.2) is 6.17 Å². The molecule has 0 aromatic carbocycles. The first-order chi connectivity index (χ1) is 13.1. The molecule has 3 fully saturated rings. The van der Waals surface area contributed by atoms with Crippen LogP contribution in [0.2, 0.25) is 0 Å². The number of hydrogen-bond donors (Lipinski definition) is 2. The minimum atomic E-state index is -4.24. The molecule has 0 aromatic heterocycles. The molecule has 0 amide bonds. The monoisotopic (exact) mass is 420 g/mol. The van der Waals surface area contributed by atoms with Gasteiger partial charge >= 0.3 is 6.11 Å². The van der Waals surface area contributed by atoms with E-state index in [4.69, 9.17) is 0 Å². The van der Waals surface area contributed by atoms with Gasteiger partial charge in [0.25, 0.3) is 0 Å². The van der Waals surface area contributed by atoms with Crippen molar-refractivity contribution in [1.82, 2.24) is 10.6 Å². The van der Waals surface area contributed by atoms with Crippen LogP contribution >= 0.6 is 0 Å². The van der Waals surface area contributed by atoms with Crippen molar-refractivity contribution in [2.24, 2.45) is 17.8 Å². The second kappa shape index (κ2) is 8.63. The molecular weight excluding hydrogens is 393 g/mol. The highest BCUT2D eigenvalue weighted by Crippen LogP contribution is 2.45. The van der Waals surface area contributed by atoms with E-state index < -0.39 is 67.7 Å². The summed E-state index contributed by atoms with van der Waals surface area (Å²) in [6, 6.07) is 0. The highest BCUT2D eigenvalue weighted by atomic mass is 19.3. The van der Waals surface area contributed by atoms with Gasteiger partial charge in [0, 0.05) is 25.9 Å². The molecule has 3 rings (SSSR count). The summed E-state index contributed by atoms with van der Waals surface area (Å²) in [5.74, 6) is -2.51. The molecule has 0 aromatic rings. The third-order valence-corrected chi connectivity index (χ3v) is 6.06. The fourth-order valence-electron chi connectivity index (χ4n) is 4.50. The van der Waals surface area contributed by atoms with E-state index in [-0.39, 0.29) is 19.0 Å². The molecule has 2 aliphatic carbocycles. The Labute approximate surface area is 159 Å². The summed E-state index contributed by atoms with van der Waals surface area (Å²) in [6.45, 7) is 3.33. The van der Waals surface area contributed by atoms with Crippen LogP contribution in [0.15, 0.2) is 0 Å². The molecule has 3 aliphatic rings. The first kappa shape index (κ1) is 22.1. The Morgan fingerprint density at radius 2 is 1.29 bits per heavy atom. The van der Waals surface area contributed by atoms with Gasteiger partial charge in [0.2, 0.25) is 0 Å². The predicted octanol–water partition coefficient (Wildman–Crippen LogP) is 3.63. The van der Waals surface area contributed by atoms with E-state index in [0.717, 1.165) is 0 Å². The number of rotatable bonds is 4. The fourth-order valence-corrected chi connectivity index (χ4v) is 4.50. The summed E-state index contributed by atoms with van der Waals surface area (Å²) in [5.41, 5.74) is 0. The molecule has 1 saturated heterocycles. The zero-order valence-corrected chi connectivity index (χ0v) is 15.6. The Bertz CT molecular complexity index is 496. The van der Waals surface area contributed by atoms with Crippen molar-refractivity contribution in [3.63, 3.8) is 0 Å². The molecule has 164 valence electrons. The Morgan fingerprint density at radius 3 is 1.79 bits per heavy atom. The lowest BCUT2D eigenvalue weighted by Crippen LogP contribution is -2.59. The van der Waals surface area contributed by atoms with Crippen LogP contribution in [0.1, 0.15) is 32.6 Å². The van der Waals surface area contributed by atoms with Gasteiger partial charge in [-0.15, -0.1) is 0 Å². The lowest BCUT2D eigenvalue weighted by Gasteiger charge is -2.43. The lowest BCUT2D eigenvalue weighted by molar-refractivity contribution is -0.323. The fraction of sp³-hybridized carbons (Fsp3) is 1.00. The zero-order chi connectivity index (χ0) is 20.6. The van der Waals surface area contributed by atoms with Crippen LogP contribution in [-0.2, 0) is 4.74 Å². The van der Waals surface area contributed by atoms with Crippen molar-refractivity contribution >= 4 is 0 Å². The molecule has 1 aliphatic heterocycles. The van der Waals surface area contributed by atoms with Gasteiger partial charge in [0.1, 0.15) is 30.6 Å². The molecule has 2 N–H and O–H groups in total. The van der Waals surface area contributed by atoms with Crippen LogP contribution in [0.5, 0.6) is 0 Å². The average Bonchev–Trinajstić information content (AvgIpc) is 2.59. The van der Waals surface area contributed by atoms with Gasteiger partial charge in [-0.1, -0.05) is 6.92 Å². The highest BCUT2D eigenvalue weighted by Gasteiger charge is 2.56. The summed E-state index contributed by atoms with van der Waals surface area (Å²) in [6.07, 6.45) is -19.6. The van der Waals surface area contributed by atoms with Crippen molar-refractivity contribution in [2.45, 2.75) is 81.8 Å². The average molecular weight is 420 g/mol. The van der Waals surface area contributed by atoms with Crippen molar-refractivity contribution in [2.75, 3.05) is 13.1 Å². The van der Waals surface area contributed by atoms with E-state index >= 15 is 0 Å². The molecule has 2 saturated carbocycles. The van der Waals surface area contributed by atoms with E-state index in [9.17, 15) is 30.7 Å². The van der Waals surface area contributed by atoms with Crippen LogP contribution < -0.4 is 10.6 Å². The van der Waals surface area contributed by atoms with Crippen molar-refractivity contribution in [3.05, 3.63) is 0 Å². The van der Waals surface area contributed by atoms with Crippen molar-refractivity contribution in [3.8, 4) is 0 Å². The van der Waals surface area contributed by atoms with Crippen LogP contribution in [0.4, 0.5) is 30.7 Å². The Hall–Kier alpha value is -0.610. The number of halogens is 7.